The van der Waals surface area contributed by atoms with E-state index in [0.717, 1.165) is 33.8 Å². The Balaban J connectivity index is 1.70. The van der Waals surface area contributed by atoms with E-state index in [1.165, 1.54) is 12.3 Å². The topological polar surface area (TPSA) is 137 Å². The molecule has 11 nitrogen and oxygen atoms in total. The number of sulfonamides is 1. The van der Waals surface area contributed by atoms with Crippen molar-refractivity contribution >= 4 is 27.9 Å². The molecule has 0 saturated carbocycles. The van der Waals surface area contributed by atoms with Crippen LogP contribution in [0.1, 0.15) is 72.2 Å². The van der Waals surface area contributed by atoms with Crippen molar-refractivity contribution in [1.29, 1.82) is 0 Å². The molecule has 2 aromatic carbocycles. The number of nitrogens with one attached hydrogen (secondary N) is 1. The predicted molar refractivity (Wildman–Crippen MR) is 192 cm³/mol. The van der Waals surface area contributed by atoms with E-state index in [9.17, 15) is 18.0 Å². The largest absolute Gasteiger partial charge is 0.494 e. The minimum atomic E-state index is -4.10. The molecule has 1 atom stereocenters. The number of amides is 1. The third-order valence-electron chi connectivity index (χ3n) is 6.96. The van der Waals surface area contributed by atoms with Crippen LogP contribution < -0.4 is 14.4 Å². The van der Waals surface area contributed by atoms with E-state index in [4.69, 9.17) is 19.2 Å². The van der Waals surface area contributed by atoms with Gasteiger partial charge in [0.1, 0.15) is 29.3 Å². The monoisotopic (exact) mass is 702 g/mol. The van der Waals surface area contributed by atoms with E-state index in [0.29, 0.717) is 12.3 Å². The number of esters is 1. The fourth-order valence-electron chi connectivity index (χ4n) is 4.86. The van der Waals surface area contributed by atoms with Gasteiger partial charge in [-0.15, -0.1) is 0 Å². The quantitative estimate of drug-likeness (QED) is 0.143. The molecule has 0 aliphatic rings. The van der Waals surface area contributed by atoms with Gasteiger partial charge in [0.2, 0.25) is 0 Å². The van der Waals surface area contributed by atoms with Gasteiger partial charge in [-0.05, 0) is 107 Å². The lowest BCUT2D eigenvalue weighted by molar-refractivity contribution is -0.153. The Kier molecular flexibility index (Phi) is 12.4. The van der Waals surface area contributed by atoms with E-state index < -0.39 is 45.9 Å². The van der Waals surface area contributed by atoms with E-state index in [-0.39, 0.29) is 17.3 Å². The zero-order valence-electron chi connectivity index (χ0n) is 29.7. The summed E-state index contributed by atoms with van der Waals surface area (Å²) in [6.45, 7) is 12.5. The molecule has 4 aromatic rings. The van der Waals surface area contributed by atoms with Gasteiger partial charge in [0.05, 0.1) is 18.3 Å². The molecule has 50 heavy (non-hydrogen) atoms. The van der Waals surface area contributed by atoms with Crippen LogP contribution in [0.5, 0.6) is 5.75 Å². The fourth-order valence-corrected chi connectivity index (χ4v) is 6.01. The zero-order valence-corrected chi connectivity index (χ0v) is 30.5. The maximum absolute atomic E-state index is 13.6. The number of carbonyl (C=O) groups is 2. The minimum absolute atomic E-state index is 0.0881. The first kappa shape index (κ1) is 38.0. The normalized spacial score (nSPS) is 12.5. The average Bonchev–Trinajstić information content (AvgIpc) is 3.05. The molecule has 0 fully saturated rings. The van der Waals surface area contributed by atoms with E-state index in [1.54, 1.807) is 71.9 Å². The molecule has 12 heteroatoms. The van der Waals surface area contributed by atoms with Crippen molar-refractivity contribution in [3.8, 4) is 16.9 Å². The number of hydrogen-bond acceptors (Lipinski definition) is 9. The van der Waals surface area contributed by atoms with Gasteiger partial charge < -0.3 is 14.2 Å². The van der Waals surface area contributed by atoms with Gasteiger partial charge in [-0.2, -0.15) is 0 Å². The van der Waals surface area contributed by atoms with Crippen LogP contribution in [0, 0.1) is 0 Å². The van der Waals surface area contributed by atoms with Crippen LogP contribution in [-0.4, -0.2) is 54.8 Å². The van der Waals surface area contributed by atoms with Crippen molar-refractivity contribution in [2.24, 2.45) is 0 Å². The second-order valence-corrected chi connectivity index (χ2v) is 15.4. The van der Waals surface area contributed by atoms with Crippen LogP contribution in [0.3, 0.4) is 0 Å². The number of hydrogen-bond donors (Lipinski definition) is 1. The van der Waals surface area contributed by atoms with Crippen LogP contribution in [-0.2, 0) is 30.7 Å². The molecule has 1 amide bonds. The first-order valence-electron chi connectivity index (χ1n) is 16.5. The molecule has 1 unspecified atom stereocenters. The first-order valence-corrected chi connectivity index (χ1v) is 18.0. The zero-order chi connectivity index (χ0) is 36.5. The van der Waals surface area contributed by atoms with Gasteiger partial charge in [-0.25, -0.2) is 27.9 Å². The fraction of sp³-hybridized carbons (Fsp3) is 0.368. The highest BCUT2D eigenvalue weighted by molar-refractivity contribution is 7.89. The number of carbonyl (C=O) groups excluding carboxylic acids is 2. The third-order valence-corrected chi connectivity index (χ3v) is 8.34. The number of nitrogens with zero attached hydrogens (tertiary/aromatic N) is 3. The van der Waals surface area contributed by atoms with Crippen molar-refractivity contribution in [1.82, 2.24) is 14.7 Å². The summed E-state index contributed by atoms with van der Waals surface area (Å²) in [5, 5.41) is -0.151. The molecule has 0 spiro atoms. The summed E-state index contributed by atoms with van der Waals surface area (Å²) in [5.41, 5.74) is 1.44. The van der Waals surface area contributed by atoms with Crippen molar-refractivity contribution in [3.05, 3.63) is 102 Å². The van der Waals surface area contributed by atoms with Crippen molar-refractivity contribution in [2.45, 2.75) is 83.6 Å². The standard InChI is InChI=1S/C38H46N4O7S/c1-8-23-47-30-14-11-13-29(25-30)28-20-18-27(19-21-28)24-32(41-50(45,46)34-17-9-10-22-39-34)31-15-12-16-33(40-31)42(36(44)49-38(5,6)7)26-35(43)48-37(2,3)4/h9-22,25,32,41H,8,23-24,26H2,1-7H3. The number of anilines is 1. The highest BCUT2D eigenvalue weighted by Crippen LogP contribution is 2.28. The van der Waals surface area contributed by atoms with Gasteiger partial charge in [0.25, 0.3) is 10.0 Å². The summed E-state index contributed by atoms with van der Waals surface area (Å²) >= 11 is 0. The van der Waals surface area contributed by atoms with Gasteiger partial charge in [-0.1, -0.05) is 55.5 Å². The Morgan fingerprint density at radius 3 is 2.18 bits per heavy atom. The average molecular weight is 703 g/mol. The number of rotatable bonds is 13. The lowest BCUT2D eigenvalue weighted by Crippen LogP contribution is -2.42. The Hall–Kier alpha value is -4.81. The smallest absolute Gasteiger partial charge is 0.416 e. The molecule has 0 bridgehead atoms. The maximum atomic E-state index is 13.6. The summed E-state index contributed by atoms with van der Waals surface area (Å²) in [4.78, 5) is 36.1. The van der Waals surface area contributed by atoms with Crippen molar-refractivity contribution < 1.29 is 32.2 Å². The summed E-state index contributed by atoms with van der Waals surface area (Å²) < 4.78 is 46.8. The third kappa shape index (κ3) is 11.4. The molecule has 266 valence electrons. The molecular weight excluding hydrogens is 657 g/mol. The van der Waals surface area contributed by atoms with E-state index in [1.807, 2.05) is 48.5 Å². The Bertz CT molecular complexity index is 1850. The van der Waals surface area contributed by atoms with Crippen LogP contribution >= 0.6 is 0 Å². The van der Waals surface area contributed by atoms with E-state index >= 15 is 0 Å². The van der Waals surface area contributed by atoms with Crippen LogP contribution in [0.2, 0.25) is 0 Å². The number of benzene rings is 2. The lowest BCUT2D eigenvalue weighted by Gasteiger charge is -2.28. The molecule has 2 heterocycles. The molecule has 0 aliphatic heterocycles. The molecule has 0 aliphatic carbocycles. The number of ether oxygens (including phenoxy) is 3. The molecular formula is C38H46N4O7S. The van der Waals surface area contributed by atoms with Crippen LogP contribution in [0.25, 0.3) is 11.1 Å². The van der Waals surface area contributed by atoms with Gasteiger partial charge in [-0.3, -0.25) is 9.69 Å². The number of pyridine rings is 2. The SMILES string of the molecule is CCCOc1cccc(-c2ccc(CC(NS(=O)(=O)c3ccccn3)c3cccc(N(CC(=O)OC(C)(C)C)C(=O)OC(C)(C)C)n3)cc2)c1. The minimum Gasteiger partial charge on any atom is -0.494 e. The highest BCUT2D eigenvalue weighted by Gasteiger charge is 2.30. The Labute approximate surface area is 295 Å². The predicted octanol–water partition coefficient (Wildman–Crippen LogP) is 7.28. The van der Waals surface area contributed by atoms with Gasteiger partial charge >= 0.3 is 12.1 Å². The number of aromatic nitrogens is 2. The summed E-state index contributed by atoms with van der Waals surface area (Å²) in [6, 6.07) is 24.2. The molecule has 4 rings (SSSR count). The molecule has 1 N–H and O–H groups in total. The van der Waals surface area contributed by atoms with Crippen molar-refractivity contribution in [2.75, 3.05) is 18.1 Å². The van der Waals surface area contributed by atoms with Crippen LogP contribution in [0.15, 0.2) is 96.2 Å². The van der Waals surface area contributed by atoms with Gasteiger partial charge in [0, 0.05) is 6.20 Å². The highest BCUT2D eigenvalue weighted by atomic mass is 32.2. The summed E-state index contributed by atoms with van der Waals surface area (Å²) in [6.07, 6.45) is 1.71. The lowest BCUT2D eigenvalue weighted by atomic mass is 9.99. The summed E-state index contributed by atoms with van der Waals surface area (Å²) in [5.74, 6) is 0.214. The summed E-state index contributed by atoms with van der Waals surface area (Å²) in [7, 11) is -4.10. The second kappa shape index (κ2) is 16.3. The van der Waals surface area contributed by atoms with Crippen molar-refractivity contribution in [3.63, 3.8) is 0 Å². The Morgan fingerprint density at radius 1 is 0.840 bits per heavy atom. The first-order chi connectivity index (χ1) is 23.5. The molecule has 2 aromatic heterocycles. The Morgan fingerprint density at radius 2 is 1.54 bits per heavy atom. The van der Waals surface area contributed by atoms with Crippen LogP contribution in [0.4, 0.5) is 10.6 Å². The van der Waals surface area contributed by atoms with Gasteiger partial charge in [0.15, 0.2) is 5.03 Å². The molecule has 0 saturated heterocycles. The van der Waals surface area contributed by atoms with E-state index in [2.05, 4.69) is 16.6 Å². The second-order valence-electron chi connectivity index (χ2n) is 13.7. The molecule has 0 radical (unpaired) electrons. The maximum Gasteiger partial charge on any atom is 0.416 e.